The summed E-state index contributed by atoms with van der Waals surface area (Å²) in [4.78, 5) is 11.0. The molecule has 0 spiro atoms. The van der Waals surface area contributed by atoms with Crippen molar-refractivity contribution in [3.63, 3.8) is 0 Å². The normalized spacial score (nSPS) is 17.0. The zero-order valence-electron chi connectivity index (χ0n) is 10.4. The highest BCUT2D eigenvalue weighted by Crippen LogP contribution is 2.21. The lowest BCUT2D eigenvalue weighted by Gasteiger charge is -1.98. The van der Waals surface area contributed by atoms with Crippen molar-refractivity contribution in [2.45, 2.75) is 0 Å². The van der Waals surface area contributed by atoms with E-state index in [1.807, 2.05) is 12.1 Å². The number of amides is 1. The average molecular weight is 301 g/mol. The minimum atomic E-state index is -0.0240. The van der Waals surface area contributed by atoms with Crippen LogP contribution in [0.1, 0.15) is 5.56 Å². The Hall–Kier alpha value is -1.92. The maximum atomic E-state index is 11.0. The summed E-state index contributed by atoms with van der Waals surface area (Å²) >= 11 is 3.05. The molecule has 1 aromatic heterocycles. The van der Waals surface area contributed by atoms with Crippen molar-refractivity contribution < 1.29 is 4.79 Å². The van der Waals surface area contributed by atoms with E-state index in [2.05, 4.69) is 44.5 Å². The number of hydrogen-bond acceptors (Lipinski definition) is 5. The highest BCUT2D eigenvalue weighted by atomic mass is 32.2. The van der Waals surface area contributed by atoms with E-state index >= 15 is 0 Å². The van der Waals surface area contributed by atoms with Gasteiger partial charge in [0.25, 0.3) is 0 Å². The third kappa shape index (κ3) is 3.15. The van der Waals surface area contributed by atoms with E-state index in [1.54, 1.807) is 17.6 Å². The van der Waals surface area contributed by atoms with E-state index in [0.29, 0.717) is 10.9 Å². The number of carbonyl (C=O) groups excluding carboxylic acids is 1. The Morgan fingerprint density at radius 3 is 2.65 bits per heavy atom. The minimum absolute atomic E-state index is 0.0240. The summed E-state index contributed by atoms with van der Waals surface area (Å²) in [5.41, 5.74) is 3.39. The van der Waals surface area contributed by atoms with Gasteiger partial charge in [0.2, 0.25) is 5.91 Å². The number of nitrogens with zero attached hydrogens (tertiary/aromatic N) is 2. The van der Waals surface area contributed by atoms with Gasteiger partial charge in [-0.25, -0.2) is 0 Å². The van der Waals surface area contributed by atoms with E-state index in [-0.39, 0.29) is 5.91 Å². The van der Waals surface area contributed by atoms with Crippen LogP contribution in [0, 0.1) is 0 Å². The van der Waals surface area contributed by atoms with Gasteiger partial charge in [-0.1, -0.05) is 36.0 Å². The molecular formula is C14H11N3OS2. The van der Waals surface area contributed by atoms with E-state index in [9.17, 15) is 4.79 Å². The second-order valence-corrected chi connectivity index (χ2v) is 5.86. The van der Waals surface area contributed by atoms with Gasteiger partial charge in [-0.05, 0) is 33.5 Å². The van der Waals surface area contributed by atoms with Crippen LogP contribution in [0.25, 0.3) is 11.1 Å². The largest absolute Gasteiger partial charge is 0.303 e. The molecule has 2 aromatic rings. The highest BCUT2D eigenvalue weighted by Gasteiger charge is 2.15. The molecule has 1 fully saturated rings. The molecule has 6 heteroatoms. The monoisotopic (exact) mass is 301 g/mol. The number of nitrogens with one attached hydrogen (secondary N) is 1. The fourth-order valence-corrected chi connectivity index (χ4v) is 3.01. The van der Waals surface area contributed by atoms with Gasteiger partial charge in [0.05, 0.1) is 12.0 Å². The maximum absolute atomic E-state index is 11.0. The molecule has 0 radical (unpaired) electrons. The van der Waals surface area contributed by atoms with E-state index in [1.165, 1.54) is 22.9 Å². The van der Waals surface area contributed by atoms with Crippen molar-refractivity contribution in [1.29, 1.82) is 0 Å². The molecule has 0 bridgehead atoms. The molecule has 1 amide bonds. The molecular weight excluding hydrogens is 290 g/mol. The van der Waals surface area contributed by atoms with Crippen LogP contribution in [0.3, 0.4) is 0 Å². The molecule has 0 aliphatic carbocycles. The molecule has 0 unspecified atom stereocenters. The van der Waals surface area contributed by atoms with Crippen LogP contribution in [0.4, 0.5) is 0 Å². The molecule has 4 nitrogen and oxygen atoms in total. The summed E-state index contributed by atoms with van der Waals surface area (Å²) in [6, 6.07) is 10.2. The van der Waals surface area contributed by atoms with E-state index < -0.39 is 0 Å². The van der Waals surface area contributed by atoms with Gasteiger partial charge in [-0.3, -0.25) is 4.79 Å². The summed E-state index contributed by atoms with van der Waals surface area (Å²) in [5, 5.41) is 15.3. The second kappa shape index (κ2) is 6.02. The van der Waals surface area contributed by atoms with Crippen molar-refractivity contribution >= 4 is 40.4 Å². The quantitative estimate of drug-likeness (QED) is 0.700. The molecule has 20 heavy (non-hydrogen) atoms. The summed E-state index contributed by atoms with van der Waals surface area (Å²) in [6.45, 7) is 0. The third-order valence-corrected chi connectivity index (χ3v) is 4.25. The van der Waals surface area contributed by atoms with Crippen LogP contribution in [0.5, 0.6) is 0 Å². The molecule has 1 N–H and O–H groups in total. The fraction of sp³-hybridized carbons (Fsp3) is 0.0714. The number of carbonyl (C=O) groups is 1. The van der Waals surface area contributed by atoms with Crippen LogP contribution >= 0.6 is 23.1 Å². The lowest BCUT2D eigenvalue weighted by molar-refractivity contribution is -0.116. The smallest absolute Gasteiger partial charge is 0.236 e. The van der Waals surface area contributed by atoms with E-state index in [4.69, 9.17) is 0 Å². The van der Waals surface area contributed by atoms with Gasteiger partial charge in [0.15, 0.2) is 5.17 Å². The number of benzene rings is 1. The Kier molecular flexibility index (Phi) is 3.94. The lowest BCUT2D eigenvalue weighted by Crippen LogP contribution is -2.19. The molecule has 1 aromatic carbocycles. The van der Waals surface area contributed by atoms with Crippen LogP contribution in [-0.4, -0.2) is 23.0 Å². The molecule has 100 valence electrons. The van der Waals surface area contributed by atoms with Crippen LogP contribution in [0.2, 0.25) is 0 Å². The number of rotatable bonds is 3. The first-order chi connectivity index (χ1) is 9.81. The van der Waals surface area contributed by atoms with Gasteiger partial charge < -0.3 is 5.32 Å². The zero-order valence-corrected chi connectivity index (χ0v) is 12.1. The van der Waals surface area contributed by atoms with Crippen molar-refractivity contribution in [3.8, 4) is 11.1 Å². The summed E-state index contributed by atoms with van der Waals surface area (Å²) in [5.74, 6) is 0.396. The summed E-state index contributed by atoms with van der Waals surface area (Å²) in [7, 11) is 0. The van der Waals surface area contributed by atoms with Crippen LogP contribution in [0.15, 0.2) is 51.3 Å². The first-order valence-electron chi connectivity index (χ1n) is 5.97. The van der Waals surface area contributed by atoms with Gasteiger partial charge in [0, 0.05) is 0 Å². The van der Waals surface area contributed by atoms with Gasteiger partial charge >= 0.3 is 0 Å². The molecule has 1 saturated heterocycles. The summed E-state index contributed by atoms with van der Waals surface area (Å²) in [6.07, 6.45) is 1.68. The first kappa shape index (κ1) is 13.1. The van der Waals surface area contributed by atoms with Gasteiger partial charge in [-0.2, -0.15) is 16.4 Å². The molecule has 1 aliphatic heterocycles. The molecule has 2 heterocycles. The predicted molar refractivity (Wildman–Crippen MR) is 85.4 cm³/mol. The molecule has 3 rings (SSSR count). The second-order valence-electron chi connectivity index (χ2n) is 4.12. The Balaban J connectivity index is 1.68. The average Bonchev–Trinajstić information content (AvgIpc) is 3.11. The minimum Gasteiger partial charge on any atom is -0.303 e. The van der Waals surface area contributed by atoms with Crippen molar-refractivity contribution in [2.24, 2.45) is 10.2 Å². The Labute approximate surface area is 124 Å². The molecule has 0 atom stereocenters. The Morgan fingerprint density at radius 1 is 1.15 bits per heavy atom. The lowest BCUT2D eigenvalue weighted by atomic mass is 10.1. The predicted octanol–water partition coefficient (Wildman–Crippen LogP) is 2.97. The fourth-order valence-electron chi connectivity index (χ4n) is 1.72. The Bertz CT molecular complexity index is 660. The maximum Gasteiger partial charge on any atom is 0.236 e. The first-order valence-corrected chi connectivity index (χ1v) is 7.90. The molecule has 1 aliphatic rings. The van der Waals surface area contributed by atoms with Gasteiger partial charge in [-0.15, -0.1) is 5.10 Å². The molecule has 0 saturated carbocycles. The zero-order chi connectivity index (χ0) is 13.8. The third-order valence-electron chi connectivity index (χ3n) is 2.71. The SMILES string of the molecule is O=C1CSC(=NN=Cc2ccc(-c3ccsc3)cc2)N1. The number of thioether (sulfide) groups is 1. The summed E-state index contributed by atoms with van der Waals surface area (Å²) < 4.78 is 0. The Morgan fingerprint density at radius 2 is 2.00 bits per heavy atom. The van der Waals surface area contributed by atoms with Crippen LogP contribution < -0.4 is 5.32 Å². The van der Waals surface area contributed by atoms with Crippen molar-refractivity contribution in [3.05, 3.63) is 46.7 Å². The van der Waals surface area contributed by atoms with Crippen molar-refractivity contribution in [2.75, 3.05) is 5.75 Å². The topological polar surface area (TPSA) is 53.8 Å². The number of thiophene rings is 1. The van der Waals surface area contributed by atoms with Crippen LogP contribution in [-0.2, 0) is 4.79 Å². The number of hydrogen-bond donors (Lipinski definition) is 1. The highest BCUT2D eigenvalue weighted by molar-refractivity contribution is 8.15. The van der Waals surface area contributed by atoms with E-state index in [0.717, 1.165) is 5.56 Å². The van der Waals surface area contributed by atoms with Crippen molar-refractivity contribution in [1.82, 2.24) is 5.32 Å². The standard InChI is InChI=1S/C14H11N3OS2/c18-13-9-20-14(16-13)17-15-7-10-1-3-11(4-2-10)12-5-6-19-8-12/h1-8H,9H2,(H,16,17,18). The number of amidine groups is 1. The van der Waals surface area contributed by atoms with Gasteiger partial charge in [0.1, 0.15) is 0 Å².